The van der Waals surface area contributed by atoms with Crippen LogP contribution in [0.4, 0.5) is 16.2 Å². The molecule has 2 atom stereocenters. The predicted molar refractivity (Wildman–Crippen MR) is 146 cm³/mol. The number of nitrogens with one attached hydrogen (secondary N) is 3. The fourth-order valence-electron chi connectivity index (χ4n) is 4.87. The van der Waals surface area contributed by atoms with Crippen LogP contribution in [0, 0.1) is 5.92 Å². The lowest BCUT2D eigenvalue weighted by Gasteiger charge is -2.39. The first-order chi connectivity index (χ1) is 17.9. The van der Waals surface area contributed by atoms with Crippen molar-refractivity contribution in [3.8, 4) is 0 Å². The molecule has 0 bridgehead atoms. The normalized spacial score (nSPS) is 18.8. The highest BCUT2D eigenvalue weighted by Gasteiger charge is 2.37. The van der Waals surface area contributed by atoms with Gasteiger partial charge in [0.05, 0.1) is 18.1 Å². The molecule has 3 aromatic rings. The fraction of sp³-hybridized carbons (Fsp3) is 0.250. The Balaban J connectivity index is 1.35. The van der Waals surface area contributed by atoms with Gasteiger partial charge in [-0.15, -0.1) is 11.8 Å². The summed E-state index contributed by atoms with van der Waals surface area (Å²) in [6, 6.07) is 12.5. The number of hydrogen-bond acceptors (Lipinski definition) is 5. The third kappa shape index (κ3) is 5.27. The van der Waals surface area contributed by atoms with Crippen LogP contribution in [0.15, 0.2) is 83.4 Å². The molecule has 0 saturated heterocycles. The minimum Gasteiger partial charge on any atom is -0.512 e. The van der Waals surface area contributed by atoms with Crippen molar-refractivity contribution >= 4 is 35.1 Å². The number of amides is 3. The highest BCUT2D eigenvalue weighted by atomic mass is 32.2. The maximum atomic E-state index is 13.8. The smallest absolute Gasteiger partial charge is 0.323 e. The maximum Gasteiger partial charge on any atom is 0.323 e. The Morgan fingerprint density at radius 2 is 1.92 bits per heavy atom. The van der Waals surface area contributed by atoms with Crippen molar-refractivity contribution in [2.24, 2.45) is 5.92 Å². The van der Waals surface area contributed by atoms with E-state index in [-0.39, 0.29) is 23.9 Å². The van der Waals surface area contributed by atoms with E-state index in [0.29, 0.717) is 42.1 Å². The molecule has 0 fully saturated rings. The number of H-pyrrole nitrogens is 1. The molecule has 4 N–H and O–H groups in total. The maximum absolute atomic E-state index is 13.8. The van der Waals surface area contributed by atoms with Crippen molar-refractivity contribution < 1.29 is 14.7 Å². The summed E-state index contributed by atoms with van der Waals surface area (Å²) < 4.78 is 0. The Morgan fingerprint density at radius 3 is 2.59 bits per heavy atom. The van der Waals surface area contributed by atoms with Gasteiger partial charge in [0.15, 0.2) is 0 Å². The number of carbonyl (C=O) groups excluding carboxylic acids is 2. The number of aliphatic hydroxyl groups excluding tert-OH is 1. The van der Waals surface area contributed by atoms with Gasteiger partial charge in [0.1, 0.15) is 0 Å². The number of nitrogens with zero attached hydrogens (tertiary/aromatic N) is 2. The second kappa shape index (κ2) is 10.6. The van der Waals surface area contributed by atoms with Crippen LogP contribution in [0.3, 0.4) is 0 Å². The van der Waals surface area contributed by atoms with Crippen molar-refractivity contribution in [1.29, 1.82) is 0 Å². The number of urea groups is 1. The van der Waals surface area contributed by atoms with E-state index in [4.69, 9.17) is 0 Å². The number of fused-ring (bicyclic) bond motifs is 1. The van der Waals surface area contributed by atoms with Gasteiger partial charge in [0.2, 0.25) is 0 Å². The molecule has 3 amide bonds. The molecule has 2 aliphatic rings. The summed E-state index contributed by atoms with van der Waals surface area (Å²) in [5, 5.41) is 15.9. The highest BCUT2D eigenvalue weighted by molar-refractivity contribution is 7.98. The number of benzene rings is 2. The first kappa shape index (κ1) is 24.7. The van der Waals surface area contributed by atoms with Crippen molar-refractivity contribution in [3.05, 3.63) is 95.3 Å². The van der Waals surface area contributed by atoms with Crippen molar-refractivity contribution in [1.82, 2.24) is 14.9 Å². The van der Waals surface area contributed by atoms with Crippen LogP contribution < -0.4 is 10.6 Å². The summed E-state index contributed by atoms with van der Waals surface area (Å²) >= 11 is 1.64. The van der Waals surface area contributed by atoms with E-state index in [1.54, 1.807) is 36.4 Å². The lowest BCUT2D eigenvalue weighted by Crippen LogP contribution is -2.48. The number of thioether (sulfide) groups is 1. The van der Waals surface area contributed by atoms with E-state index < -0.39 is 0 Å². The van der Waals surface area contributed by atoms with Crippen molar-refractivity contribution in [3.63, 3.8) is 0 Å². The molecule has 0 spiro atoms. The number of aromatic amines is 1. The number of imidazole rings is 1. The number of carbonyl (C=O) groups is 2. The number of anilines is 2. The van der Waals surface area contributed by atoms with Gasteiger partial charge < -0.3 is 25.6 Å². The summed E-state index contributed by atoms with van der Waals surface area (Å²) in [5.41, 5.74) is 4.70. The van der Waals surface area contributed by atoms with Crippen LogP contribution in [0.2, 0.25) is 0 Å². The van der Waals surface area contributed by atoms with Crippen molar-refractivity contribution in [2.75, 3.05) is 23.4 Å². The first-order valence-electron chi connectivity index (χ1n) is 12.2. The van der Waals surface area contributed by atoms with E-state index in [9.17, 15) is 14.7 Å². The quantitative estimate of drug-likeness (QED) is 0.315. The van der Waals surface area contributed by atoms with Crippen LogP contribution in [-0.2, 0) is 12.8 Å². The zero-order valence-corrected chi connectivity index (χ0v) is 21.5. The third-order valence-electron chi connectivity index (χ3n) is 6.95. The second-order valence-electron chi connectivity index (χ2n) is 9.20. The summed E-state index contributed by atoms with van der Waals surface area (Å²) in [5.74, 6) is 0.0843. The lowest BCUT2D eigenvalue weighted by molar-refractivity contribution is 0.0675. The van der Waals surface area contributed by atoms with Gasteiger partial charge in [-0.05, 0) is 66.3 Å². The molecule has 1 aliphatic heterocycles. The molecular weight excluding hydrogens is 486 g/mol. The Kier molecular flexibility index (Phi) is 7.05. The minimum absolute atomic E-state index is 0.0954. The molecule has 9 heteroatoms. The van der Waals surface area contributed by atoms with Gasteiger partial charge in [-0.25, -0.2) is 9.78 Å². The molecule has 37 heavy (non-hydrogen) atoms. The van der Waals surface area contributed by atoms with E-state index >= 15 is 0 Å². The van der Waals surface area contributed by atoms with E-state index in [0.717, 1.165) is 21.7 Å². The van der Waals surface area contributed by atoms with E-state index in [1.807, 2.05) is 60.6 Å². The molecule has 2 heterocycles. The largest absolute Gasteiger partial charge is 0.512 e. The van der Waals surface area contributed by atoms with Crippen LogP contribution in [-0.4, -0.2) is 50.8 Å². The molecule has 190 valence electrons. The van der Waals surface area contributed by atoms with Gasteiger partial charge in [0, 0.05) is 52.6 Å². The molecule has 2 aromatic carbocycles. The highest BCUT2D eigenvalue weighted by Crippen LogP contribution is 2.36. The average Bonchev–Trinajstić information content (AvgIpc) is 3.54. The molecule has 2 unspecified atom stereocenters. The van der Waals surface area contributed by atoms with Crippen LogP contribution in [0.1, 0.15) is 28.5 Å². The summed E-state index contributed by atoms with van der Waals surface area (Å²) in [6.07, 6.45) is 10.3. The SMILES string of the molecule is CSc1ccc(NC(=O)Nc2ccc3c(c2)C(=O)N(CCc2cnc[nH]2)C(C2=CC=C(O)C2C)C3)cc1. The topological polar surface area (TPSA) is 110 Å². The van der Waals surface area contributed by atoms with Gasteiger partial charge >= 0.3 is 6.03 Å². The monoisotopic (exact) mass is 515 g/mol. The Morgan fingerprint density at radius 1 is 1.16 bits per heavy atom. The van der Waals surface area contributed by atoms with Crippen LogP contribution in [0.25, 0.3) is 0 Å². The lowest BCUT2D eigenvalue weighted by atomic mass is 9.85. The Hall–Kier alpha value is -3.98. The molecule has 1 aliphatic carbocycles. The Bertz CT molecular complexity index is 1360. The number of hydrogen-bond donors (Lipinski definition) is 4. The average molecular weight is 516 g/mol. The summed E-state index contributed by atoms with van der Waals surface area (Å²) in [7, 11) is 0. The number of allylic oxidation sites excluding steroid dienone is 3. The van der Waals surface area contributed by atoms with Gasteiger partial charge in [0.25, 0.3) is 5.91 Å². The molecular formula is C28H29N5O3S. The molecule has 1 aromatic heterocycles. The van der Waals surface area contributed by atoms with Crippen LogP contribution in [0.5, 0.6) is 0 Å². The summed E-state index contributed by atoms with van der Waals surface area (Å²) in [4.78, 5) is 36.6. The van der Waals surface area contributed by atoms with Gasteiger partial charge in [-0.1, -0.05) is 19.1 Å². The molecule has 5 rings (SSSR count). The zero-order chi connectivity index (χ0) is 25.9. The van der Waals surface area contributed by atoms with Gasteiger partial charge in [-0.3, -0.25) is 4.79 Å². The van der Waals surface area contributed by atoms with Crippen LogP contribution >= 0.6 is 11.8 Å². The number of aromatic nitrogens is 2. The Labute approximate surface area is 219 Å². The van der Waals surface area contributed by atoms with Crippen molar-refractivity contribution in [2.45, 2.75) is 30.7 Å². The predicted octanol–water partition coefficient (Wildman–Crippen LogP) is 5.40. The fourth-order valence-corrected chi connectivity index (χ4v) is 5.28. The number of aliphatic hydroxyl groups is 1. The molecule has 0 saturated carbocycles. The first-order valence-corrected chi connectivity index (χ1v) is 13.4. The molecule has 0 radical (unpaired) electrons. The second-order valence-corrected chi connectivity index (χ2v) is 10.1. The standard InChI is InChI=1S/C28H29N5O3S/c1-17-23(9-10-26(17)34)25-13-18-3-4-20(32-28(36)31-19-5-7-22(37-2)8-6-19)14-24(18)27(35)33(25)12-11-21-15-29-16-30-21/h3-10,14-17,25,34H,11-13H2,1-2H3,(H,29,30)(H2,31,32,36). The summed E-state index contributed by atoms with van der Waals surface area (Å²) in [6.45, 7) is 2.46. The van der Waals surface area contributed by atoms with E-state index in [1.165, 1.54) is 0 Å². The van der Waals surface area contributed by atoms with E-state index in [2.05, 4.69) is 20.6 Å². The third-order valence-corrected chi connectivity index (χ3v) is 7.69. The zero-order valence-electron chi connectivity index (χ0n) is 20.7. The van der Waals surface area contributed by atoms with Gasteiger partial charge in [-0.2, -0.15) is 0 Å². The minimum atomic E-state index is -0.374. The number of rotatable bonds is 7. The molecule has 8 nitrogen and oxygen atoms in total.